The third kappa shape index (κ3) is 6.44. The van der Waals surface area contributed by atoms with E-state index in [0.717, 1.165) is 22.3 Å². The second-order valence-corrected chi connectivity index (χ2v) is 30.7. The van der Waals surface area contributed by atoms with E-state index < -0.39 is 0 Å². The molecule has 0 aliphatic heterocycles. The standard InChI is InChI=1S/2C35H21NOS4/c1-16-4-8-19(9-5-16)36-24-12-17(2)6-10-20(24)30-28(36)34-32(40-30)22-14-27-23(15-26(22)38-34)33-35(39-27)29-31(41-33)21-11-7-18(3)13-25(21)37-29;1-16-4-8-19(9-5-16)36-28-21-11-7-18(3)13-25(21)38-33(28)34-29(36)22-14-27-23(15-26(22)39-34)32-35(40-27)30-31(41-32)20-10-6-17(2)12-24(20)37-30/h2*4-15H,1-3H3. The average molecular weight is 1200 g/mol. The van der Waals surface area contributed by atoms with Gasteiger partial charge in [-0.15, -0.1) is 90.7 Å². The number of hydrogen-bond donors (Lipinski definition) is 0. The highest BCUT2D eigenvalue weighted by Crippen LogP contribution is 2.55. The average Bonchev–Trinajstić information content (AvgIpc) is 1.76. The van der Waals surface area contributed by atoms with Crippen molar-refractivity contribution in [3.63, 3.8) is 0 Å². The third-order valence-electron chi connectivity index (χ3n) is 16.8. The summed E-state index contributed by atoms with van der Waals surface area (Å²) < 4.78 is 39.4. The summed E-state index contributed by atoms with van der Waals surface area (Å²) in [7, 11) is 0. The number of rotatable bonds is 2. The van der Waals surface area contributed by atoms with E-state index in [1.165, 1.54) is 185 Å². The van der Waals surface area contributed by atoms with Gasteiger partial charge in [-0.25, -0.2) is 0 Å². The Hall–Kier alpha value is -7.36. The van der Waals surface area contributed by atoms with Crippen molar-refractivity contribution in [3.8, 4) is 11.4 Å². The van der Waals surface area contributed by atoms with Crippen LogP contribution in [0.25, 0.3) is 174 Å². The van der Waals surface area contributed by atoms with Crippen LogP contribution in [0.15, 0.2) is 154 Å². The third-order valence-corrected chi connectivity index (χ3v) is 26.8. The Morgan fingerprint density at radius 3 is 1.18 bits per heavy atom. The van der Waals surface area contributed by atoms with E-state index in [0.29, 0.717) is 0 Å². The monoisotopic (exact) mass is 1200 g/mol. The van der Waals surface area contributed by atoms with E-state index in [9.17, 15) is 0 Å². The van der Waals surface area contributed by atoms with Crippen molar-refractivity contribution in [1.82, 2.24) is 9.13 Å². The van der Waals surface area contributed by atoms with Crippen LogP contribution in [0.1, 0.15) is 33.4 Å². The van der Waals surface area contributed by atoms with E-state index in [1.807, 2.05) is 90.7 Å². The molecule has 0 radical (unpaired) electrons. The number of hydrogen-bond acceptors (Lipinski definition) is 10. The van der Waals surface area contributed by atoms with E-state index in [1.54, 1.807) is 0 Å². The zero-order valence-electron chi connectivity index (χ0n) is 44.8. The van der Waals surface area contributed by atoms with Crippen LogP contribution in [-0.2, 0) is 0 Å². The zero-order chi connectivity index (χ0) is 54.3. The largest absolute Gasteiger partial charge is 0.454 e. The minimum atomic E-state index is 0.992. The Morgan fingerprint density at radius 2 is 0.634 bits per heavy atom. The number of furan rings is 2. The van der Waals surface area contributed by atoms with Crippen molar-refractivity contribution in [2.24, 2.45) is 0 Å². The van der Waals surface area contributed by atoms with Gasteiger partial charge in [0.15, 0.2) is 11.2 Å². The Balaban J connectivity index is 0.000000122. The summed E-state index contributed by atoms with van der Waals surface area (Å²) in [5, 5.41) is 10.6. The highest BCUT2D eigenvalue weighted by atomic mass is 32.1. The first-order valence-corrected chi connectivity index (χ1v) is 33.9. The molecule has 12 heterocycles. The molecule has 12 heteroatoms. The quantitative estimate of drug-likeness (QED) is 0.173. The molecule has 0 bridgehead atoms. The maximum Gasteiger partial charge on any atom is 0.164 e. The van der Waals surface area contributed by atoms with Crippen molar-refractivity contribution in [2.45, 2.75) is 41.5 Å². The molecule has 0 amide bonds. The van der Waals surface area contributed by atoms with E-state index in [2.05, 4.69) is 196 Å². The summed E-state index contributed by atoms with van der Waals surface area (Å²) in [4.78, 5) is 0. The predicted molar refractivity (Wildman–Crippen MR) is 368 cm³/mol. The number of fused-ring (bicyclic) bond motifs is 28. The molecule has 0 spiro atoms. The number of benzene rings is 8. The molecule has 0 N–H and O–H groups in total. The van der Waals surface area contributed by atoms with Gasteiger partial charge in [0, 0.05) is 78.0 Å². The van der Waals surface area contributed by atoms with Crippen molar-refractivity contribution in [1.29, 1.82) is 0 Å². The molecule has 82 heavy (non-hydrogen) atoms. The van der Waals surface area contributed by atoms with E-state index >= 15 is 0 Å². The summed E-state index contributed by atoms with van der Waals surface area (Å²) in [6.07, 6.45) is 0. The fourth-order valence-electron chi connectivity index (χ4n) is 12.9. The molecule has 0 aliphatic rings. The first kappa shape index (κ1) is 47.2. The molecule has 0 unspecified atom stereocenters. The minimum absolute atomic E-state index is 0.992. The highest BCUT2D eigenvalue weighted by Gasteiger charge is 2.27. The van der Waals surface area contributed by atoms with Crippen LogP contribution >= 0.6 is 90.7 Å². The Morgan fingerprint density at radius 1 is 0.256 bits per heavy atom. The normalized spacial score (nSPS) is 12.8. The molecule has 4 nitrogen and oxygen atoms in total. The Kier molecular flexibility index (Phi) is 9.59. The number of aryl methyl sites for hydroxylation is 6. The lowest BCUT2D eigenvalue weighted by Crippen LogP contribution is -1.93. The van der Waals surface area contributed by atoms with E-state index in [-0.39, 0.29) is 0 Å². The number of aromatic nitrogens is 2. The molecule has 0 saturated heterocycles. The highest BCUT2D eigenvalue weighted by molar-refractivity contribution is 7.39. The Labute approximate surface area is 498 Å². The number of thiophene rings is 8. The molecule has 12 aromatic heterocycles. The van der Waals surface area contributed by atoms with Gasteiger partial charge >= 0.3 is 0 Å². The van der Waals surface area contributed by atoms with Crippen molar-refractivity contribution < 1.29 is 8.83 Å². The zero-order valence-corrected chi connectivity index (χ0v) is 51.4. The second-order valence-electron chi connectivity index (χ2n) is 22.4. The van der Waals surface area contributed by atoms with Crippen molar-refractivity contribution >= 4 is 253 Å². The van der Waals surface area contributed by atoms with Crippen LogP contribution in [-0.4, -0.2) is 9.13 Å². The molecule has 0 aliphatic carbocycles. The summed E-state index contributed by atoms with van der Waals surface area (Å²) >= 11 is 15.3. The van der Waals surface area contributed by atoms with Gasteiger partial charge in [-0.2, -0.15) is 0 Å². The van der Waals surface area contributed by atoms with Crippen LogP contribution in [0.2, 0.25) is 0 Å². The first-order chi connectivity index (χ1) is 40.0. The lowest BCUT2D eigenvalue weighted by Gasteiger charge is -2.08. The lowest BCUT2D eigenvalue weighted by molar-refractivity contribution is 0.673. The summed E-state index contributed by atoms with van der Waals surface area (Å²) in [6, 6.07) is 54.6. The minimum Gasteiger partial charge on any atom is -0.454 e. The van der Waals surface area contributed by atoms with Gasteiger partial charge in [-0.1, -0.05) is 71.8 Å². The van der Waals surface area contributed by atoms with Crippen LogP contribution in [0, 0.1) is 41.5 Å². The van der Waals surface area contributed by atoms with Crippen LogP contribution in [0.4, 0.5) is 0 Å². The maximum atomic E-state index is 6.45. The van der Waals surface area contributed by atoms with E-state index in [4.69, 9.17) is 8.83 Å². The molecule has 20 rings (SSSR count). The van der Waals surface area contributed by atoms with Crippen LogP contribution in [0.5, 0.6) is 0 Å². The van der Waals surface area contributed by atoms with Crippen molar-refractivity contribution in [2.75, 3.05) is 0 Å². The summed E-state index contributed by atoms with van der Waals surface area (Å²) in [5.74, 6) is 0. The molecular formula is C70H42N2O2S8. The lowest BCUT2D eigenvalue weighted by atomic mass is 10.1. The summed E-state index contributed by atoms with van der Waals surface area (Å²) in [5.41, 5.74) is 19.5. The molecule has 392 valence electrons. The maximum absolute atomic E-state index is 6.45. The van der Waals surface area contributed by atoms with Gasteiger partial charge in [0.2, 0.25) is 0 Å². The molecule has 0 atom stereocenters. The van der Waals surface area contributed by atoms with Gasteiger partial charge in [0.25, 0.3) is 0 Å². The smallest absolute Gasteiger partial charge is 0.164 e. The topological polar surface area (TPSA) is 36.1 Å². The fraction of sp³-hybridized carbons (Fsp3) is 0.0857. The van der Waals surface area contributed by atoms with Crippen LogP contribution in [0.3, 0.4) is 0 Å². The van der Waals surface area contributed by atoms with Crippen LogP contribution < -0.4 is 0 Å². The second kappa shape index (κ2) is 16.7. The van der Waals surface area contributed by atoms with Crippen molar-refractivity contribution in [3.05, 3.63) is 179 Å². The molecule has 0 saturated carbocycles. The van der Waals surface area contributed by atoms with Gasteiger partial charge in [-0.3, -0.25) is 0 Å². The molecule has 0 fully saturated rings. The molecule has 20 aromatic rings. The SMILES string of the molecule is Cc1ccc(-n2c3c4ccc(C)cc4sc3c3sc4cc5c(cc4c32)sc2c3oc4cc(C)ccc4c3sc52)cc1.Cc1ccc(-n2c3cc(C)ccc3c3sc4c5cc6sc7c8oc9cc(C)ccc9c8sc7c6cc5sc4c32)cc1. The Bertz CT molecular complexity index is 6190. The predicted octanol–water partition coefficient (Wildman–Crippen LogP) is 24.9. The van der Waals surface area contributed by atoms with Gasteiger partial charge in [-0.05, 0) is 149 Å². The van der Waals surface area contributed by atoms with Gasteiger partial charge in [0.1, 0.15) is 11.2 Å². The first-order valence-electron chi connectivity index (χ1n) is 27.3. The van der Waals surface area contributed by atoms with Gasteiger partial charge < -0.3 is 18.0 Å². The molecule has 8 aromatic carbocycles. The van der Waals surface area contributed by atoms with Gasteiger partial charge in [0.05, 0.1) is 73.8 Å². The summed E-state index contributed by atoms with van der Waals surface area (Å²) in [6.45, 7) is 12.9. The molecular weight excluding hydrogens is 1160 g/mol. The fourth-order valence-corrected chi connectivity index (χ4v) is 23.6. The number of nitrogens with zero attached hydrogens (tertiary/aromatic N) is 2.